The van der Waals surface area contributed by atoms with Gasteiger partial charge in [0.25, 0.3) is 0 Å². The third kappa shape index (κ3) is 5.91. The maximum absolute atomic E-state index is 12.4. The van der Waals surface area contributed by atoms with E-state index < -0.39 is 0 Å². The summed E-state index contributed by atoms with van der Waals surface area (Å²) in [7, 11) is 2.16. The molecule has 0 spiro atoms. The molecule has 1 unspecified atom stereocenters. The Morgan fingerprint density at radius 2 is 2.11 bits per heavy atom. The van der Waals surface area contributed by atoms with Crippen molar-refractivity contribution in [3.63, 3.8) is 0 Å². The molecule has 0 aromatic heterocycles. The smallest absolute Gasteiger partial charge is 0.222 e. The zero-order valence-corrected chi connectivity index (χ0v) is 13.1. The quantitative estimate of drug-likeness (QED) is 0.746. The van der Waals surface area contributed by atoms with Gasteiger partial charge in [-0.3, -0.25) is 4.79 Å². The lowest BCUT2D eigenvalue weighted by molar-refractivity contribution is -0.133. The molecule has 112 valence electrons. The van der Waals surface area contributed by atoms with Gasteiger partial charge in [-0.1, -0.05) is 20.8 Å². The molecule has 1 heterocycles. The van der Waals surface area contributed by atoms with Crippen molar-refractivity contribution < 1.29 is 4.79 Å². The molecule has 1 amide bonds. The zero-order chi connectivity index (χ0) is 14.3. The van der Waals surface area contributed by atoms with E-state index >= 15 is 0 Å². The average molecular weight is 269 g/mol. The molecule has 4 heteroatoms. The highest BCUT2D eigenvalue weighted by Gasteiger charge is 2.25. The van der Waals surface area contributed by atoms with E-state index in [1.165, 1.54) is 0 Å². The molecule has 19 heavy (non-hydrogen) atoms. The maximum atomic E-state index is 12.4. The normalized spacial score (nSPS) is 21.7. The standard InChI is InChI=1S/C15H31N3O/c1-5-14-12-17(4)10-7-11-18(14)15(19)8-6-9-16-13(2)3/h13-14,16H,5-12H2,1-4H3. The predicted molar refractivity (Wildman–Crippen MR) is 80.3 cm³/mol. The molecule has 0 radical (unpaired) electrons. The first-order valence-electron chi connectivity index (χ1n) is 7.76. The topological polar surface area (TPSA) is 35.6 Å². The summed E-state index contributed by atoms with van der Waals surface area (Å²) >= 11 is 0. The molecule has 1 saturated heterocycles. The molecule has 1 atom stereocenters. The van der Waals surface area contributed by atoms with Gasteiger partial charge in [-0.05, 0) is 39.4 Å². The first kappa shape index (κ1) is 16.4. The van der Waals surface area contributed by atoms with Gasteiger partial charge in [0.2, 0.25) is 5.91 Å². The van der Waals surface area contributed by atoms with Gasteiger partial charge in [0.05, 0.1) is 0 Å². The largest absolute Gasteiger partial charge is 0.338 e. The van der Waals surface area contributed by atoms with E-state index in [0.717, 1.165) is 45.4 Å². The van der Waals surface area contributed by atoms with Crippen LogP contribution in [0.25, 0.3) is 0 Å². The van der Waals surface area contributed by atoms with Crippen molar-refractivity contribution in [3.8, 4) is 0 Å². The van der Waals surface area contributed by atoms with E-state index in [9.17, 15) is 4.79 Å². The van der Waals surface area contributed by atoms with Crippen LogP contribution in [-0.4, -0.2) is 61.0 Å². The van der Waals surface area contributed by atoms with Gasteiger partial charge in [0.15, 0.2) is 0 Å². The van der Waals surface area contributed by atoms with E-state index in [1.54, 1.807) is 0 Å². The molecule has 1 N–H and O–H groups in total. The third-order valence-electron chi connectivity index (χ3n) is 3.81. The summed E-state index contributed by atoms with van der Waals surface area (Å²) in [6, 6.07) is 0.906. The van der Waals surface area contributed by atoms with Crippen LogP contribution in [0.4, 0.5) is 0 Å². The van der Waals surface area contributed by atoms with Crippen LogP contribution in [0.1, 0.15) is 46.5 Å². The average Bonchev–Trinajstić information content (AvgIpc) is 2.55. The Hall–Kier alpha value is -0.610. The molecule has 0 bridgehead atoms. The van der Waals surface area contributed by atoms with Crippen molar-refractivity contribution in [2.24, 2.45) is 0 Å². The Morgan fingerprint density at radius 3 is 2.74 bits per heavy atom. The Labute approximate surface area is 118 Å². The van der Waals surface area contributed by atoms with E-state index in [-0.39, 0.29) is 0 Å². The van der Waals surface area contributed by atoms with Crippen molar-refractivity contribution in [2.75, 3.05) is 33.2 Å². The van der Waals surface area contributed by atoms with Crippen LogP contribution in [0.5, 0.6) is 0 Å². The summed E-state index contributed by atoms with van der Waals surface area (Å²) in [5, 5.41) is 3.37. The van der Waals surface area contributed by atoms with Crippen LogP contribution in [0.3, 0.4) is 0 Å². The molecule has 0 saturated carbocycles. The molecular weight excluding hydrogens is 238 g/mol. The second-order valence-corrected chi connectivity index (χ2v) is 5.98. The molecule has 1 fully saturated rings. The van der Waals surface area contributed by atoms with Crippen LogP contribution in [0.2, 0.25) is 0 Å². The summed E-state index contributed by atoms with van der Waals surface area (Å²) in [6.45, 7) is 10.5. The second-order valence-electron chi connectivity index (χ2n) is 5.98. The first-order valence-corrected chi connectivity index (χ1v) is 7.76. The van der Waals surface area contributed by atoms with E-state index in [4.69, 9.17) is 0 Å². The highest BCUT2D eigenvalue weighted by molar-refractivity contribution is 5.76. The van der Waals surface area contributed by atoms with Crippen molar-refractivity contribution >= 4 is 5.91 Å². The number of likely N-dealkylation sites (N-methyl/N-ethyl adjacent to an activating group) is 1. The van der Waals surface area contributed by atoms with Crippen LogP contribution in [0.15, 0.2) is 0 Å². The summed E-state index contributed by atoms with van der Waals surface area (Å²) < 4.78 is 0. The van der Waals surface area contributed by atoms with E-state index in [0.29, 0.717) is 24.4 Å². The zero-order valence-electron chi connectivity index (χ0n) is 13.1. The van der Waals surface area contributed by atoms with Gasteiger partial charge >= 0.3 is 0 Å². The summed E-state index contributed by atoms with van der Waals surface area (Å²) in [5.41, 5.74) is 0. The van der Waals surface area contributed by atoms with Crippen LogP contribution < -0.4 is 5.32 Å². The van der Waals surface area contributed by atoms with Crippen molar-refractivity contribution in [3.05, 3.63) is 0 Å². The number of hydrogen-bond donors (Lipinski definition) is 1. The summed E-state index contributed by atoms with van der Waals surface area (Å²) in [4.78, 5) is 16.8. The Bertz CT molecular complexity index is 268. The molecule has 0 aromatic rings. The van der Waals surface area contributed by atoms with Gasteiger partial charge in [0, 0.05) is 31.6 Å². The number of nitrogens with one attached hydrogen (secondary N) is 1. The number of carbonyl (C=O) groups is 1. The molecule has 1 aliphatic heterocycles. The second kappa shape index (κ2) is 8.54. The van der Waals surface area contributed by atoms with Gasteiger partial charge < -0.3 is 15.1 Å². The van der Waals surface area contributed by atoms with E-state index in [1.807, 2.05) is 0 Å². The summed E-state index contributed by atoms with van der Waals surface area (Å²) in [5.74, 6) is 0.340. The molecule has 1 aliphatic rings. The van der Waals surface area contributed by atoms with Crippen LogP contribution >= 0.6 is 0 Å². The Kier molecular flexibility index (Phi) is 7.39. The van der Waals surface area contributed by atoms with Crippen molar-refractivity contribution in [1.29, 1.82) is 0 Å². The predicted octanol–water partition coefficient (Wildman–Crippen LogP) is 1.71. The fraction of sp³-hybridized carbons (Fsp3) is 0.933. The van der Waals surface area contributed by atoms with Gasteiger partial charge in [-0.15, -0.1) is 0 Å². The lowest BCUT2D eigenvalue weighted by Crippen LogP contribution is -2.43. The minimum Gasteiger partial charge on any atom is -0.338 e. The van der Waals surface area contributed by atoms with Crippen LogP contribution in [-0.2, 0) is 4.79 Å². The fourth-order valence-electron chi connectivity index (χ4n) is 2.69. The minimum absolute atomic E-state index is 0.340. The van der Waals surface area contributed by atoms with Crippen LogP contribution in [0, 0.1) is 0 Å². The third-order valence-corrected chi connectivity index (χ3v) is 3.81. The molecule has 4 nitrogen and oxygen atoms in total. The molecule has 0 aliphatic carbocycles. The maximum Gasteiger partial charge on any atom is 0.222 e. The van der Waals surface area contributed by atoms with E-state index in [2.05, 4.69) is 42.9 Å². The highest BCUT2D eigenvalue weighted by Crippen LogP contribution is 2.13. The summed E-state index contributed by atoms with van der Waals surface area (Å²) in [6.07, 6.45) is 3.78. The number of hydrogen-bond acceptors (Lipinski definition) is 3. The number of nitrogens with zero attached hydrogens (tertiary/aromatic N) is 2. The van der Waals surface area contributed by atoms with Gasteiger partial charge in [0.1, 0.15) is 0 Å². The number of amides is 1. The van der Waals surface area contributed by atoms with Crippen molar-refractivity contribution in [1.82, 2.24) is 15.1 Å². The SMILES string of the molecule is CCC1CN(C)CCCN1C(=O)CCCNC(C)C. The Balaban J connectivity index is 2.39. The van der Waals surface area contributed by atoms with Gasteiger partial charge in [-0.25, -0.2) is 0 Å². The monoisotopic (exact) mass is 269 g/mol. The number of carbonyl (C=O) groups excluding carboxylic acids is 1. The Morgan fingerprint density at radius 1 is 1.37 bits per heavy atom. The molecule has 0 aromatic carbocycles. The molecule has 1 rings (SSSR count). The van der Waals surface area contributed by atoms with Gasteiger partial charge in [-0.2, -0.15) is 0 Å². The first-order chi connectivity index (χ1) is 9.04. The lowest BCUT2D eigenvalue weighted by atomic mass is 10.1. The minimum atomic E-state index is 0.340. The van der Waals surface area contributed by atoms with Crippen molar-refractivity contribution in [2.45, 2.75) is 58.5 Å². The fourth-order valence-corrected chi connectivity index (χ4v) is 2.69. The highest BCUT2D eigenvalue weighted by atomic mass is 16.2. The lowest BCUT2D eigenvalue weighted by Gasteiger charge is -2.30. The molecular formula is C15H31N3O. The number of rotatable bonds is 6.